The summed E-state index contributed by atoms with van der Waals surface area (Å²) in [5.74, 6) is 0.143. The van der Waals surface area contributed by atoms with Gasteiger partial charge in [-0.1, -0.05) is 29.8 Å². The van der Waals surface area contributed by atoms with Crippen LogP contribution in [0.2, 0.25) is 5.02 Å². The molecule has 25 heavy (non-hydrogen) atoms. The zero-order chi connectivity index (χ0) is 16.1. The molecule has 0 atom stereocenters. The van der Waals surface area contributed by atoms with Gasteiger partial charge in [0.25, 0.3) is 0 Å². The molecule has 0 unspecified atom stereocenters. The molecule has 0 aromatic heterocycles. The third-order valence-electron chi connectivity index (χ3n) is 4.04. The van der Waals surface area contributed by atoms with Gasteiger partial charge in [0, 0.05) is 42.6 Å². The Morgan fingerprint density at radius 2 is 1.52 bits per heavy atom. The van der Waals surface area contributed by atoms with Crippen LogP contribution in [0.1, 0.15) is 0 Å². The van der Waals surface area contributed by atoms with Gasteiger partial charge in [-0.25, -0.2) is 0 Å². The van der Waals surface area contributed by atoms with Crippen molar-refractivity contribution in [1.82, 2.24) is 4.90 Å². The summed E-state index contributed by atoms with van der Waals surface area (Å²) in [6.07, 6.45) is 0. The molecular formula is C18H22Cl3N3O. The molecule has 0 saturated carbocycles. The number of carbonyl (C=O) groups is 1. The van der Waals surface area contributed by atoms with Crippen LogP contribution in [-0.2, 0) is 4.79 Å². The summed E-state index contributed by atoms with van der Waals surface area (Å²) in [6, 6.07) is 17.7. The van der Waals surface area contributed by atoms with E-state index < -0.39 is 0 Å². The van der Waals surface area contributed by atoms with E-state index in [1.807, 2.05) is 59.5 Å². The van der Waals surface area contributed by atoms with Crippen molar-refractivity contribution in [1.29, 1.82) is 0 Å². The minimum absolute atomic E-state index is 0. The number of anilines is 2. The minimum Gasteiger partial charge on any atom is -0.376 e. The normalized spacial score (nSPS) is 13.5. The molecule has 2 aromatic rings. The number of rotatable bonds is 4. The van der Waals surface area contributed by atoms with E-state index in [0.29, 0.717) is 6.54 Å². The highest BCUT2D eigenvalue weighted by Crippen LogP contribution is 2.19. The summed E-state index contributed by atoms with van der Waals surface area (Å²) >= 11 is 5.92. The zero-order valence-corrected chi connectivity index (χ0v) is 16.1. The van der Waals surface area contributed by atoms with Crippen molar-refractivity contribution in [2.75, 3.05) is 42.9 Å². The lowest BCUT2D eigenvalue weighted by Crippen LogP contribution is -2.50. The maximum atomic E-state index is 12.3. The van der Waals surface area contributed by atoms with Crippen LogP contribution in [0, 0.1) is 0 Å². The summed E-state index contributed by atoms with van der Waals surface area (Å²) in [4.78, 5) is 16.5. The lowest BCUT2D eigenvalue weighted by molar-refractivity contribution is -0.129. The Kier molecular flexibility index (Phi) is 8.90. The van der Waals surface area contributed by atoms with Crippen molar-refractivity contribution >= 4 is 53.7 Å². The van der Waals surface area contributed by atoms with Gasteiger partial charge < -0.3 is 15.1 Å². The largest absolute Gasteiger partial charge is 0.376 e. The fourth-order valence-corrected chi connectivity index (χ4v) is 2.84. The second-order valence-electron chi connectivity index (χ2n) is 5.56. The van der Waals surface area contributed by atoms with Gasteiger partial charge in [-0.05, 0) is 36.4 Å². The molecule has 2 aromatic carbocycles. The van der Waals surface area contributed by atoms with Crippen molar-refractivity contribution in [2.45, 2.75) is 0 Å². The molecule has 1 amide bonds. The fourth-order valence-electron chi connectivity index (χ4n) is 2.71. The van der Waals surface area contributed by atoms with Gasteiger partial charge in [-0.2, -0.15) is 0 Å². The number of nitrogens with zero attached hydrogens (tertiary/aromatic N) is 2. The Morgan fingerprint density at radius 1 is 0.920 bits per heavy atom. The summed E-state index contributed by atoms with van der Waals surface area (Å²) in [5, 5.41) is 3.92. The maximum Gasteiger partial charge on any atom is 0.241 e. The number of hydrogen-bond donors (Lipinski definition) is 1. The SMILES string of the molecule is Cl.Cl.O=C(CNc1ccccc1)N1CCN(c2ccc(Cl)cc2)CC1. The van der Waals surface area contributed by atoms with Gasteiger partial charge in [0.1, 0.15) is 0 Å². The predicted molar refractivity (Wildman–Crippen MR) is 110 cm³/mol. The van der Waals surface area contributed by atoms with Crippen molar-refractivity contribution in [3.63, 3.8) is 0 Å². The lowest BCUT2D eigenvalue weighted by Gasteiger charge is -2.36. The number of piperazine rings is 1. The monoisotopic (exact) mass is 401 g/mol. The van der Waals surface area contributed by atoms with E-state index in [1.54, 1.807) is 0 Å². The Hall–Kier alpha value is -1.62. The topological polar surface area (TPSA) is 35.6 Å². The standard InChI is InChI=1S/C18H20ClN3O.2ClH/c19-15-6-8-17(9-7-15)21-10-12-22(13-11-21)18(23)14-20-16-4-2-1-3-5-16;;/h1-9,20H,10-14H2;2*1H. The number of hydrogen-bond acceptors (Lipinski definition) is 3. The van der Waals surface area contributed by atoms with Crippen LogP contribution in [0.3, 0.4) is 0 Å². The van der Waals surface area contributed by atoms with Crippen molar-refractivity contribution < 1.29 is 4.79 Å². The first-order valence-electron chi connectivity index (χ1n) is 7.79. The van der Waals surface area contributed by atoms with Crippen LogP contribution in [0.25, 0.3) is 0 Å². The Balaban J connectivity index is 0.00000156. The molecule has 3 rings (SSSR count). The van der Waals surface area contributed by atoms with Gasteiger partial charge >= 0.3 is 0 Å². The van der Waals surface area contributed by atoms with Crippen LogP contribution in [0.4, 0.5) is 11.4 Å². The fraction of sp³-hybridized carbons (Fsp3) is 0.278. The Labute approximate surface area is 166 Å². The van der Waals surface area contributed by atoms with E-state index in [1.165, 1.54) is 0 Å². The molecule has 1 aliphatic heterocycles. The summed E-state index contributed by atoms with van der Waals surface area (Å²) in [6.45, 7) is 3.53. The summed E-state index contributed by atoms with van der Waals surface area (Å²) in [5.41, 5.74) is 2.13. The highest BCUT2D eigenvalue weighted by atomic mass is 35.5. The van der Waals surface area contributed by atoms with Gasteiger partial charge in [-0.15, -0.1) is 24.8 Å². The predicted octanol–water partition coefficient (Wildman–Crippen LogP) is 3.94. The molecule has 136 valence electrons. The number of halogens is 3. The van der Waals surface area contributed by atoms with Gasteiger partial charge in [0.05, 0.1) is 6.54 Å². The first kappa shape index (κ1) is 21.4. The molecule has 4 nitrogen and oxygen atoms in total. The smallest absolute Gasteiger partial charge is 0.241 e. The number of carbonyl (C=O) groups excluding carboxylic acids is 1. The molecule has 1 aliphatic rings. The average Bonchev–Trinajstić information content (AvgIpc) is 2.61. The molecular weight excluding hydrogens is 381 g/mol. The van der Waals surface area contributed by atoms with Crippen molar-refractivity contribution in [2.24, 2.45) is 0 Å². The second-order valence-corrected chi connectivity index (χ2v) is 6.00. The number of para-hydroxylation sites is 1. The van der Waals surface area contributed by atoms with E-state index in [-0.39, 0.29) is 30.7 Å². The van der Waals surface area contributed by atoms with Gasteiger partial charge in [0.2, 0.25) is 5.91 Å². The first-order valence-corrected chi connectivity index (χ1v) is 8.17. The molecule has 0 aliphatic carbocycles. The van der Waals surface area contributed by atoms with Crippen LogP contribution in [0.5, 0.6) is 0 Å². The maximum absolute atomic E-state index is 12.3. The second kappa shape index (κ2) is 10.4. The third-order valence-corrected chi connectivity index (χ3v) is 4.29. The minimum atomic E-state index is 0. The quantitative estimate of drug-likeness (QED) is 0.841. The van der Waals surface area contributed by atoms with E-state index in [2.05, 4.69) is 10.2 Å². The Bertz CT molecular complexity index is 644. The average molecular weight is 403 g/mol. The molecule has 1 heterocycles. The van der Waals surface area contributed by atoms with Crippen LogP contribution >= 0.6 is 36.4 Å². The molecule has 0 bridgehead atoms. The molecule has 7 heteroatoms. The zero-order valence-electron chi connectivity index (χ0n) is 13.7. The highest BCUT2D eigenvalue weighted by Gasteiger charge is 2.20. The molecule has 1 N–H and O–H groups in total. The Morgan fingerprint density at radius 3 is 2.12 bits per heavy atom. The molecule has 0 spiro atoms. The summed E-state index contributed by atoms with van der Waals surface area (Å²) < 4.78 is 0. The summed E-state index contributed by atoms with van der Waals surface area (Å²) in [7, 11) is 0. The van der Waals surface area contributed by atoms with Crippen molar-refractivity contribution in [3.05, 3.63) is 59.6 Å². The van der Waals surface area contributed by atoms with E-state index >= 15 is 0 Å². The van der Waals surface area contributed by atoms with Crippen molar-refractivity contribution in [3.8, 4) is 0 Å². The lowest BCUT2D eigenvalue weighted by atomic mass is 10.2. The molecule has 1 fully saturated rings. The van der Waals surface area contributed by atoms with Gasteiger partial charge in [-0.3, -0.25) is 4.79 Å². The molecule has 0 radical (unpaired) electrons. The number of amides is 1. The first-order chi connectivity index (χ1) is 11.2. The van der Waals surface area contributed by atoms with E-state index in [4.69, 9.17) is 11.6 Å². The third kappa shape index (κ3) is 5.99. The van der Waals surface area contributed by atoms with Crippen LogP contribution in [-0.4, -0.2) is 43.5 Å². The number of nitrogens with one attached hydrogen (secondary N) is 1. The van der Waals surface area contributed by atoms with Crippen LogP contribution in [0.15, 0.2) is 54.6 Å². The van der Waals surface area contributed by atoms with E-state index in [9.17, 15) is 4.79 Å². The van der Waals surface area contributed by atoms with E-state index in [0.717, 1.165) is 42.6 Å². The highest BCUT2D eigenvalue weighted by molar-refractivity contribution is 6.30. The van der Waals surface area contributed by atoms with Crippen LogP contribution < -0.4 is 10.2 Å². The van der Waals surface area contributed by atoms with Gasteiger partial charge in [0.15, 0.2) is 0 Å². The molecule has 1 saturated heterocycles. The number of benzene rings is 2.